The van der Waals surface area contributed by atoms with Gasteiger partial charge in [0.2, 0.25) is 0 Å². The van der Waals surface area contributed by atoms with Crippen molar-refractivity contribution < 1.29 is 19.4 Å². The highest BCUT2D eigenvalue weighted by Gasteiger charge is 2.18. The number of carboxylic acids is 1. The Hall–Kier alpha value is -2.56. The largest absolute Gasteiger partial charge is 0.486 e. The first-order valence-electron chi connectivity index (χ1n) is 6.70. The molecule has 0 saturated heterocycles. The molecule has 1 aliphatic rings. The Morgan fingerprint density at radius 1 is 1.19 bits per heavy atom. The molecule has 0 amide bonds. The van der Waals surface area contributed by atoms with Crippen LogP contribution in [0.3, 0.4) is 0 Å². The third-order valence-electron chi connectivity index (χ3n) is 3.30. The Morgan fingerprint density at radius 2 is 1.90 bits per heavy atom. The Morgan fingerprint density at radius 3 is 2.57 bits per heavy atom. The van der Waals surface area contributed by atoms with E-state index in [4.69, 9.17) is 14.6 Å². The number of hydrogen-bond donors (Lipinski definition) is 1. The number of nitrogens with zero attached hydrogens (tertiary/aromatic N) is 1. The number of aliphatic carboxylic acids is 1. The van der Waals surface area contributed by atoms with Crippen molar-refractivity contribution in [1.29, 1.82) is 0 Å². The fourth-order valence-corrected chi connectivity index (χ4v) is 2.41. The van der Waals surface area contributed by atoms with Gasteiger partial charge in [0, 0.05) is 18.0 Å². The van der Waals surface area contributed by atoms with E-state index in [0.29, 0.717) is 30.3 Å². The second kappa shape index (κ2) is 5.44. The van der Waals surface area contributed by atoms with Gasteiger partial charge in [0.25, 0.3) is 0 Å². The number of carboxylic acid groups (broad SMARTS) is 1. The lowest BCUT2D eigenvalue weighted by atomic mass is 9.97. The number of fused-ring (bicyclic) bond motifs is 1. The van der Waals surface area contributed by atoms with E-state index in [9.17, 15) is 4.79 Å². The summed E-state index contributed by atoms with van der Waals surface area (Å²) >= 11 is 0. The maximum absolute atomic E-state index is 11.1. The maximum Gasteiger partial charge on any atom is 0.307 e. The first kappa shape index (κ1) is 13.4. The number of carbonyl (C=O) groups is 1. The molecule has 2 heterocycles. The molecule has 2 aromatic rings. The van der Waals surface area contributed by atoms with Gasteiger partial charge in [-0.2, -0.15) is 0 Å². The van der Waals surface area contributed by atoms with Gasteiger partial charge in [0.1, 0.15) is 13.2 Å². The molecule has 1 aliphatic heterocycles. The van der Waals surface area contributed by atoms with E-state index in [1.165, 1.54) is 0 Å². The van der Waals surface area contributed by atoms with Crippen LogP contribution in [0.4, 0.5) is 0 Å². The molecule has 0 saturated carbocycles. The number of benzene rings is 1. The topological polar surface area (TPSA) is 68.7 Å². The van der Waals surface area contributed by atoms with Gasteiger partial charge in [-0.05, 0) is 41.8 Å². The molecule has 108 valence electrons. The normalized spacial score (nSPS) is 13.0. The van der Waals surface area contributed by atoms with Crippen molar-refractivity contribution in [2.45, 2.75) is 13.3 Å². The van der Waals surface area contributed by atoms with Crippen molar-refractivity contribution in [1.82, 2.24) is 4.98 Å². The van der Waals surface area contributed by atoms with Gasteiger partial charge < -0.3 is 14.6 Å². The standard InChI is InChI=1S/C16H15NO4/c1-10-4-12(9-17-8-10)13-7-15-14(20-2-3-21-15)5-11(13)6-16(18)19/h4-5,7-9H,2-3,6H2,1H3,(H,18,19). The number of aryl methyl sites for hydroxylation is 1. The van der Waals surface area contributed by atoms with Gasteiger partial charge in [-0.25, -0.2) is 0 Å². The summed E-state index contributed by atoms with van der Waals surface area (Å²) < 4.78 is 11.1. The van der Waals surface area contributed by atoms with Crippen LogP contribution < -0.4 is 9.47 Å². The molecule has 1 aromatic carbocycles. The quantitative estimate of drug-likeness (QED) is 0.938. The molecule has 5 nitrogen and oxygen atoms in total. The SMILES string of the molecule is Cc1cncc(-c2cc3c(cc2CC(=O)O)OCCO3)c1. The number of ether oxygens (including phenoxy) is 2. The molecule has 0 fully saturated rings. The van der Waals surface area contributed by atoms with E-state index >= 15 is 0 Å². The van der Waals surface area contributed by atoms with Crippen LogP contribution in [0.1, 0.15) is 11.1 Å². The first-order chi connectivity index (χ1) is 10.1. The van der Waals surface area contributed by atoms with E-state index in [-0.39, 0.29) is 6.42 Å². The fourth-order valence-electron chi connectivity index (χ4n) is 2.41. The zero-order valence-electron chi connectivity index (χ0n) is 11.6. The van der Waals surface area contributed by atoms with Crippen LogP contribution in [0, 0.1) is 6.92 Å². The lowest BCUT2D eigenvalue weighted by Gasteiger charge is -2.21. The van der Waals surface area contributed by atoms with Crippen LogP contribution in [0.2, 0.25) is 0 Å². The number of rotatable bonds is 3. The number of pyridine rings is 1. The fraction of sp³-hybridized carbons (Fsp3) is 0.250. The maximum atomic E-state index is 11.1. The zero-order chi connectivity index (χ0) is 14.8. The van der Waals surface area contributed by atoms with Crippen LogP contribution in [0.15, 0.2) is 30.6 Å². The van der Waals surface area contributed by atoms with Gasteiger partial charge in [0.05, 0.1) is 6.42 Å². The van der Waals surface area contributed by atoms with E-state index in [1.54, 1.807) is 18.5 Å². The van der Waals surface area contributed by atoms with Gasteiger partial charge in [0.15, 0.2) is 11.5 Å². The monoisotopic (exact) mass is 285 g/mol. The Balaban J connectivity index is 2.14. The summed E-state index contributed by atoms with van der Waals surface area (Å²) in [5.74, 6) is 0.363. The van der Waals surface area contributed by atoms with Crippen molar-refractivity contribution >= 4 is 5.97 Å². The van der Waals surface area contributed by atoms with E-state index in [1.807, 2.05) is 19.1 Å². The van der Waals surface area contributed by atoms with Crippen LogP contribution in [-0.4, -0.2) is 29.3 Å². The predicted octanol–water partition coefficient (Wildman–Crippen LogP) is 2.46. The second-order valence-electron chi connectivity index (χ2n) is 4.97. The summed E-state index contributed by atoms with van der Waals surface area (Å²) in [5, 5.41) is 9.11. The highest BCUT2D eigenvalue weighted by molar-refractivity contribution is 5.78. The highest BCUT2D eigenvalue weighted by Crippen LogP contribution is 2.37. The van der Waals surface area contributed by atoms with E-state index in [0.717, 1.165) is 16.7 Å². The average Bonchev–Trinajstić information content (AvgIpc) is 2.46. The van der Waals surface area contributed by atoms with Crippen LogP contribution in [-0.2, 0) is 11.2 Å². The van der Waals surface area contributed by atoms with Crippen LogP contribution >= 0.6 is 0 Å². The molecule has 0 aliphatic carbocycles. The molecule has 0 radical (unpaired) electrons. The molecular formula is C16H15NO4. The predicted molar refractivity (Wildman–Crippen MR) is 76.7 cm³/mol. The summed E-state index contributed by atoms with van der Waals surface area (Å²) in [6, 6.07) is 5.56. The van der Waals surface area contributed by atoms with Crippen molar-refractivity contribution in [2.24, 2.45) is 0 Å². The lowest BCUT2D eigenvalue weighted by Crippen LogP contribution is -2.16. The molecule has 1 N–H and O–H groups in total. The van der Waals surface area contributed by atoms with E-state index in [2.05, 4.69) is 4.98 Å². The van der Waals surface area contributed by atoms with Crippen molar-refractivity contribution in [2.75, 3.05) is 13.2 Å². The Labute approximate surface area is 122 Å². The van der Waals surface area contributed by atoms with E-state index < -0.39 is 5.97 Å². The Kier molecular flexibility index (Phi) is 3.48. The summed E-state index contributed by atoms with van der Waals surface area (Å²) in [6.45, 7) is 2.92. The minimum Gasteiger partial charge on any atom is -0.486 e. The van der Waals surface area contributed by atoms with Crippen molar-refractivity contribution in [3.05, 3.63) is 41.7 Å². The Bertz CT molecular complexity index is 697. The third-order valence-corrected chi connectivity index (χ3v) is 3.30. The minimum absolute atomic E-state index is 0.0695. The molecule has 0 atom stereocenters. The average molecular weight is 285 g/mol. The number of aromatic nitrogens is 1. The molecule has 1 aromatic heterocycles. The van der Waals surface area contributed by atoms with Crippen molar-refractivity contribution in [3.8, 4) is 22.6 Å². The van der Waals surface area contributed by atoms with Crippen LogP contribution in [0.5, 0.6) is 11.5 Å². The molecule has 0 bridgehead atoms. The molecule has 21 heavy (non-hydrogen) atoms. The summed E-state index contributed by atoms with van der Waals surface area (Å²) in [5.41, 5.74) is 3.41. The smallest absolute Gasteiger partial charge is 0.307 e. The van der Waals surface area contributed by atoms with Gasteiger partial charge in [-0.3, -0.25) is 9.78 Å². The third kappa shape index (κ3) is 2.81. The molecule has 0 spiro atoms. The first-order valence-corrected chi connectivity index (χ1v) is 6.70. The lowest BCUT2D eigenvalue weighted by molar-refractivity contribution is -0.136. The van der Waals surface area contributed by atoms with Gasteiger partial charge >= 0.3 is 5.97 Å². The summed E-state index contributed by atoms with van der Waals surface area (Å²) in [7, 11) is 0. The van der Waals surface area contributed by atoms with Crippen molar-refractivity contribution in [3.63, 3.8) is 0 Å². The highest BCUT2D eigenvalue weighted by atomic mass is 16.6. The van der Waals surface area contributed by atoms with Crippen LogP contribution in [0.25, 0.3) is 11.1 Å². The minimum atomic E-state index is -0.881. The number of hydrogen-bond acceptors (Lipinski definition) is 4. The molecule has 5 heteroatoms. The molecular weight excluding hydrogens is 270 g/mol. The zero-order valence-corrected chi connectivity index (χ0v) is 11.6. The van der Waals surface area contributed by atoms with Gasteiger partial charge in [-0.1, -0.05) is 0 Å². The van der Waals surface area contributed by atoms with Gasteiger partial charge in [-0.15, -0.1) is 0 Å². The molecule has 3 rings (SSSR count). The molecule has 0 unspecified atom stereocenters. The summed E-state index contributed by atoms with van der Waals surface area (Å²) in [4.78, 5) is 15.3. The summed E-state index contributed by atoms with van der Waals surface area (Å²) in [6.07, 6.45) is 3.42. The second-order valence-corrected chi connectivity index (χ2v) is 4.97.